The molecule has 0 aliphatic carbocycles. The van der Waals surface area contributed by atoms with E-state index in [0.717, 1.165) is 23.3 Å². The molecule has 2 aromatic carbocycles. The van der Waals surface area contributed by atoms with E-state index in [1.54, 1.807) is 36.8 Å². The number of nitrogens with one attached hydrogen (secondary N) is 2. The van der Waals surface area contributed by atoms with Gasteiger partial charge in [0.15, 0.2) is 11.5 Å². The number of rotatable bonds is 5. The van der Waals surface area contributed by atoms with Crippen molar-refractivity contribution in [1.82, 2.24) is 19.4 Å². The van der Waals surface area contributed by atoms with Crippen LogP contribution in [0, 0.1) is 6.92 Å². The number of imidazole rings is 1. The molecule has 0 aliphatic rings. The highest BCUT2D eigenvalue weighted by Crippen LogP contribution is 2.30. The van der Waals surface area contributed by atoms with Gasteiger partial charge in [-0.25, -0.2) is 9.97 Å². The van der Waals surface area contributed by atoms with Crippen LogP contribution in [-0.2, 0) is 6.18 Å². The van der Waals surface area contributed by atoms with Crippen LogP contribution in [-0.4, -0.2) is 25.3 Å². The van der Waals surface area contributed by atoms with E-state index in [2.05, 4.69) is 20.6 Å². The monoisotopic (exact) mass is 488 g/mol. The molecule has 0 aliphatic heterocycles. The summed E-state index contributed by atoms with van der Waals surface area (Å²) in [5.41, 5.74) is 3.14. The average molecular weight is 488 g/mol. The molecule has 3 aromatic heterocycles. The number of pyridine rings is 1. The highest BCUT2D eigenvalue weighted by molar-refractivity contribution is 6.04. The van der Waals surface area contributed by atoms with Gasteiger partial charge in [0.2, 0.25) is 0 Å². The Morgan fingerprint density at radius 3 is 2.58 bits per heavy atom. The smallest absolute Gasteiger partial charge is 0.337 e. The van der Waals surface area contributed by atoms with Crippen molar-refractivity contribution >= 4 is 28.7 Å². The van der Waals surface area contributed by atoms with Crippen molar-refractivity contribution in [2.45, 2.75) is 13.1 Å². The predicted octanol–water partition coefficient (Wildman–Crippen LogP) is 6.11. The SMILES string of the molecule is Cc1ccc(NC(=O)c2cccc(C(F)(F)F)c2)cc1Nc1nc(-c2ccncc2)cn2ccnc12. The molecule has 0 saturated carbocycles. The Balaban J connectivity index is 1.44. The summed E-state index contributed by atoms with van der Waals surface area (Å²) in [5.74, 6) is -0.150. The zero-order valence-electron chi connectivity index (χ0n) is 18.9. The third kappa shape index (κ3) is 4.74. The molecule has 5 rings (SSSR count). The summed E-state index contributed by atoms with van der Waals surface area (Å²) >= 11 is 0. The number of benzene rings is 2. The molecule has 0 atom stereocenters. The van der Waals surface area contributed by atoms with Crippen LogP contribution in [0.15, 0.2) is 85.6 Å². The first-order chi connectivity index (χ1) is 17.3. The lowest BCUT2D eigenvalue weighted by atomic mass is 10.1. The molecule has 0 saturated heterocycles. The molecule has 36 heavy (non-hydrogen) atoms. The Morgan fingerprint density at radius 1 is 1.00 bits per heavy atom. The van der Waals surface area contributed by atoms with Crippen LogP contribution < -0.4 is 10.6 Å². The number of hydrogen-bond acceptors (Lipinski definition) is 5. The Hall–Kier alpha value is -4.73. The van der Waals surface area contributed by atoms with E-state index in [-0.39, 0.29) is 5.56 Å². The fraction of sp³-hybridized carbons (Fsp3) is 0.0769. The van der Waals surface area contributed by atoms with E-state index in [9.17, 15) is 18.0 Å². The minimum atomic E-state index is -4.53. The molecule has 1 amide bonds. The van der Waals surface area contributed by atoms with Gasteiger partial charge in [-0.05, 0) is 55.0 Å². The maximum atomic E-state index is 13.0. The van der Waals surface area contributed by atoms with E-state index < -0.39 is 17.6 Å². The van der Waals surface area contributed by atoms with Crippen LogP contribution in [0.2, 0.25) is 0 Å². The topological polar surface area (TPSA) is 84.2 Å². The quantitative estimate of drug-likeness (QED) is 0.312. The minimum absolute atomic E-state index is 0.0919. The van der Waals surface area contributed by atoms with Crippen molar-refractivity contribution in [2.75, 3.05) is 10.6 Å². The number of halogens is 3. The summed E-state index contributed by atoms with van der Waals surface area (Å²) in [4.78, 5) is 25.8. The molecule has 0 fully saturated rings. The van der Waals surface area contributed by atoms with Crippen LogP contribution in [0.1, 0.15) is 21.5 Å². The van der Waals surface area contributed by atoms with Gasteiger partial charge in [0.05, 0.1) is 11.3 Å². The third-order valence-electron chi connectivity index (χ3n) is 5.55. The van der Waals surface area contributed by atoms with E-state index in [0.29, 0.717) is 28.5 Å². The van der Waals surface area contributed by atoms with Crippen molar-refractivity contribution in [2.24, 2.45) is 0 Å². The molecule has 2 N–H and O–H groups in total. The number of carbonyl (C=O) groups excluding carboxylic acids is 1. The number of hydrogen-bond donors (Lipinski definition) is 2. The van der Waals surface area contributed by atoms with Gasteiger partial charge in [0, 0.05) is 53.5 Å². The van der Waals surface area contributed by atoms with Crippen LogP contribution >= 0.6 is 0 Å². The lowest BCUT2D eigenvalue weighted by Crippen LogP contribution is -2.14. The van der Waals surface area contributed by atoms with Crippen molar-refractivity contribution in [3.63, 3.8) is 0 Å². The van der Waals surface area contributed by atoms with Gasteiger partial charge >= 0.3 is 6.18 Å². The largest absolute Gasteiger partial charge is 0.416 e. The van der Waals surface area contributed by atoms with E-state index in [4.69, 9.17) is 4.98 Å². The van der Waals surface area contributed by atoms with E-state index in [1.807, 2.05) is 35.9 Å². The second-order valence-electron chi connectivity index (χ2n) is 8.06. The number of aromatic nitrogens is 4. The number of carbonyl (C=O) groups is 1. The molecule has 0 bridgehead atoms. The van der Waals surface area contributed by atoms with Crippen LogP contribution in [0.3, 0.4) is 0 Å². The molecule has 180 valence electrons. The number of nitrogens with zero attached hydrogens (tertiary/aromatic N) is 4. The fourth-order valence-corrected chi connectivity index (χ4v) is 3.68. The highest BCUT2D eigenvalue weighted by atomic mass is 19.4. The van der Waals surface area contributed by atoms with Crippen molar-refractivity contribution in [1.29, 1.82) is 0 Å². The maximum absolute atomic E-state index is 13.0. The second-order valence-corrected chi connectivity index (χ2v) is 8.06. The van der Waals surface area contributed by atoms with Gasteiger partial charge in [-0.1, -0.05) is 12.1 Å². The van der Waals surface area contributed by atoms with Gasteiger partial charge in [-0.3, -0.25) is 9.78 Å². The van der Waals surface area contributed by atoms with Crippen LogP contribution in [0.25, 0.3) is 16.9 Å². The van der Waals surface area contributed by atoms with Crippen LogP contribution in [0.4, 0.5) is 30.4 Å². The standard InChI is InChI=1S/C26H19F3N6O/c1-16-5-6-20(32-25(36)18-3-2-4-19(13-18)26(27,28)29)14-21(16)33-23-24-31-11-12-35(24)15-22(34-23)17-7-9-30-10-8-17/h2-15H,1H3,(H,32,36)(H,33,34). The number of amides is 1. The van der Waals surface area contributed by atoms with Crippen molar-refractivity contribution < 1.29 is 18.0 Å². The first-order valence-electron chi connectivity index (χ1n) is 10.9. The summed E-state index contributed by atoms with van der Waals surface area (Å²) in [7, 11) is 0. The fourth-order valence-electron chi connectivity index (χ4n) is 3.68. The Labute approximate surface area is 203 Å². The molecule has 7 nitrogen and oxygen atoms in total. The van der Waals surface area contributed by atoms with Gasteiger partial charge in [-0.15, -0.1) is 0 Å². The molecular formula is C26H19F3N6O. The first-order valence-corrected chi connectivity index (χ1v) is 10.9. The molecule has 0 radical (unpaired) electrons. The minimum Gasteiger partial charge on any atom is -0.337 e. The Morgan fingerprint density at radius 2 is 1.81 bits per heavy atom. The van der Waals surface area contributed by atoms with E-state index >= 15 is 0 Å². The van der Waals surface area contributed by atoms with Gasteiger partial charge in [-0.2, -0.15) is 13.2 Å². The van der Waals surface area contributed by atoms with Crippen LogP contribution in [0.5, 0.6) is 0 Å². The van der Waals surface area contributed by atoms with E-state index in [1.165, 1.54) is 12.1 Å². The lowest BCUT2D eigenvalue weighted by Gasteiger charge is -2.14. The number of anilines is 3. The Bertz CT molecular complexity index is 1560. The van der Waals surface area contributed by atoms with Gasteiger partial charge < -0.3 is 15.0 Å². The van der Waals surface area contributed by atoms with Gasteiger partial charge in [0.25, 0.3) is 5.91 Å². The summed E-state index contributed by atoms with van der Waals surface area (Å²) in [6, 6.07) is 13.2. The average Bonchev–Trinajstić information content (AvgIpc) is 3.35. The zero-order chi connectivity index (χ0) is 25.3. The van der Waals surface area contributed by atoms with Gasteiger partial charge in [0.1, 0.15) is 0 Å². The Kier molecular flexibility index (Phi) is 5.85. The normalized spacial score (nSPS) is 11.4. The van der Waals surface area contributed by atoms with Crippen molar-refractivity contribution in [3.8, 4) is 11.3 Å². The molecule has 0 unspecified atom stereocenters. The molecular weight excluding hydrogens is 469 g/mol. The second kappa shape index (κ2) is 9.14. The molecule has 0 spiro atoms. The molecule has 3 heterocycles. The first kappa shape index (κ1) is 23.0. The zero-order valence-corrected chi connectivity index (χ0v) is 18.9. The third-order valence-corrected chi connectivity index (χ3v) is 5.55. The maximum Gasteiger partial charge on any atom is 0.416 e. The highest BCUT2D eigenvalue weighted by Gasteiger charge is 2.30. The molecule has 10 heteroatoms. The predicted molar refractivity (Wildman–Crippen MR) is 130 cm³/mol. The number of aryl methyl sites for hydroxylation is 1. The number of fused-ring (bicyclic) bond motifs is 1. The molecule has 5 aromatic rings. The number of alkyl halides is 3. The summed E-state index contributed by atoms with van der Waals surface area (Å²) in [6.45, 7) is 1.89. The lowest BCUT2D eigenvalue weighted by molar-refractivity contribution is -0.137. The summed E-state index contributed by atoms with van der Waals surface area (Å²) in [5, 5.41) is 5.95. The van der Waals surface area contributed by atoms with Crippen molar-refractivity contribution in [3.05, 3.63) is 102 Å². The summed E-state index contributed by atoms with van der Waals surface area (Å²) < 4.78 is 40.9. The summed E-state index contributed by atoms with van der Waals surface area (Å²) in [6.07, 6.45) is 4.17.